The highest BCUT2D eigenvalue weighted by atomic mass is 35.5. The maximum Gasteiger partial charge on any atom is 0.316 e. The Balaban J connectivity index is 2.45. The van der Waals surface area contributed by atoms with Crippen molar-refractivity contribution in [1.29, 1.82) is 0 Å². The number of likely N-dealkylation sites (tertiary alicyclic amines) is 1. The summed E-state index contributed by atoms with van der Waals surface area (Å²) in [6.07, 6.45) is 2.22. The number of carbonyl (C=O) groups is 1. The van der Waals surface area contributed by atoms with Crippen LogP contribution < -0.4 is 0 Å². The van der Waals surface area contributed by atoms with Crippen LogP contribution in [-0.2, 0) is 0 Å². The van der Waals surface area contributed by atoms with Gasteiger partial charge in [0.05, 0.1) is 0 Å². The maximum atomic E-state index is 10.8. The minimum Gasteiger partial charge on any atom is -0.328 e. The molecular weight excluding hydrogens is 176 g/mol. The molecule has 1 amide bonds. The van der Waals surface area contributed by atoms with Crippen LogP contribution in [0.25, 0.3) is 0 Å². The molecule has 70 valence electrons. The van der Waals surface area contributed by atoms with Gasteiger partial charge in [0, 0.05) is 19.6 Å². The van der Waals surface area contributed by atoms with Crippen LogP contribution in [0.1, 0.15) is 12.8 Å². The zero-order valence-electron chi connectivity index (χ0n) is 7.59. The number of piperidine rings is 1. The Kier molecular flexibility index (Phi) is 3.35. The topological polar surface area (TPSA) is 23.6 Å². The summed E-state index contributed by atoms with van der Waals surface area (Å²) in [5, 5.41) is -0.352. The third-order valence-corrected chi connectivity index (χ3v) is 2.69. The quantitative estimate of drug-likeness (QED) is 0.461. The van der Waals surface area contributed by atoms with Gasteiger partial charge >= 0.3 is 5.37 Å². The van der Waals surface area contributed by atoms with Gasteiger partial charge in [0.1, 0.15) is 0 Å². The molecule has 1 aliphatic rings. The summed E-state index contributed by atoms with van der Waals surface area (Å²) in [7, 11) is 3.83. The maximum absolute atomic E-state index is 10.8. The van der Waals surface area contributed by atoms with Crippen molar-refractivity contribution in [2.24, 2.45) is 0 Å². The first-order valence-electron chi connectivity index (χ1n) is 4.22. The fraction of sp³-hybridized carbons (Fsp3) is 0.875. The van der Waals surface area contributed by atoms with Crippen molar-refractivity contribution in [3.05, 3.63) is 0 Å². The molecule has 0 N–H and O–H groups in total. The van der Waals surface area contributed by atoms with Gasteiger partial charge in [0.15, 0.2) is 0 Å². The number of amides is 1. The van der Waals surface area contributed by atoms with E-state index in [4.69, 9.17) is 11.6 Å². The van der Waals surface area contributed by atoms with Crippen molar-refractivity contribution < 1.29 is 4.79 Å². The minimum absolute atomic E-state index is 0.300. The molecule has 0 saturated carbocycles. The summed E-state index contributed by atoms with van der Waals surface area (Å²) in [6, 6.07) is 0.300. The number of hydrogen-bond donors (Lipinski definition) is 0. The normalized spacial score (nSPS) is 25.4. The molecule has 3 nitrogen and oxygen atoms in total. The monoisotopic (exact) mass is 190 g/mol. The van der Waals surface area contributed by atoms with E-state index < -0.39 is 0 Å². The van der Waals surface area contributed by atoms with Crippen molar-refractivity contribution in [3.63, 3.8) is 0 Å². The molecule has 0 spiro atoms. The zero-order chi connectivity index (χ0) is 9.14. The molecule has 1 rings (SSSR count). The summed E-state index contributed by atoms with van der Waals surface area (Å²) in [6.45, 7) is 2.07. The first-order valence-corrected chi connectivity index (χ1v) is 4.60. The van der Waals surface area contributed by atoms with Crippen LogP contribution in [0.15, 0.2) is 0 Å². The van der Waals surface area contributed by atoms with Crippen molar-refractivity contribution >= 4 is 17.0 Å². The van der Waals surface area contributed by atoms with Crippen LogP contribution >= 0.6 is 11.6 Å². The standard InChI is InChI=1S/C8H15ClN2O/c1-10-5-3-4-7(6-10)11(2)8(9)12/h7H,3-6H2,1-2H3. The molecule has 1 heterocycles. The van der Waals surface area contributed by atoms with E-state index in [-0.39, 0.29) is 5.37 Å². The second-order valence-electron chi connectivity index (χ2n) is 3.42. The first kappa shape index (κ1) is 9.81. The van der Waals surface area contributed by atoms with Gasteiger partial charge in [-0.2, -0.15) is 0 Å². The molecule has 1 aliphatic heterocycles. The Morgan fingerprint density at radius 3 is 2.83 bits per heavy atom. The molecule has 0 aromatic rings. The highest BCUT2D eigenvalue weighted by molar-refractivity contribution is 6.62. The van der Waals surface area contributed by atoms with E-state index in [9.17, 15) is 4.79 Å². The SMILES string of the molecule is CN1CCCC(N(C)C(=O)Cl)C1. The first-order chi connectivity index (χ1) is 5.61. The lowest BCUT2D eigenvalue weighted by Crippen LogP contribution is -2.45. The highest BCUT2D eigenvalue weighted by Crippen LogP contribution is 2.14. The van der Waals surface area contributed by atoms with Gasteiger partial charge in [0.25, 0.3) is 0 Å². The molecule has 0 radical (unpaired) electrons. The number of hydrogen-bond acceptors (Lipinski definition) is 2. The third kappa shape index (κ3) is 2.35. The molecule has 0 aliphatic carbocycles. The van der Waals surface area contributed by atoms with Gasteiger partial charge in [0.2, 0.25) is 0 Å². The molecule has 1 saturated heterocycles. The Morgan fingerprint density at radius 2 is 2.33 bits per heavy atom. The van der Waals surface area contributed by atoms with Crippen LogP contribution in [0.5, 0.6) is 0 Å². The highest BCUT2D eigenvalue weighted by Gasteiger charge is 2.22. The largest absolute Gasteiger partial charge is 0.328 e. The minimum atomic E-state index is -0.352. The smallest absolute Gasteiger partial charge is 0.316 e. The Labute approximate surface area is 78.3 Å². The molecular formula is C8H15ClN2O. The average Bonchev–Trinajstić information content (AvgIpc) is 2.03. The van der Waals surface area contributed by atoms with Gasteiger partial charge in [-0.3, -0.25) is 4.79 Å². The molecule has 12 heavy (non-hydrogen) atoms. The summed E-state index contributed by atoms with van der Waals surface area (Å²) >= 11 is 5.38. The van der Waals surface area contributed by atoms with E-state index in [0.29, 0.717) is 6.04 Å². The third-order valence-electron chi connectivity index (χ3n) is 2.42. The molecule has 0 bridgehead atoms. The summed E-state index contributed by atoms with van der Waals surface area (Å²) in [5.41, 5.74) is 0. The lowest BCUT2D eigenvalue weighted by atomic mass is 10.1. The van der Waals surface area contributed by atoms with E-state index in [1.807, 2.05) is 0 Å². The van der Waals surface area contributed by atoms with Crippen molar-refractivity contribution in [2.45, 2.75) is 18.9 Å². The van der Waals surface area contributed by atoms with Crippen LogP contribution in [0.4, 0.5) is 4.79 Å². The summed E-state index contributed by atoms with van der Waals surface area (Å²) in [5.74, 6) is 0. The molecule has 1 fully saturated rings. The Morgan fingerprint density at radius 1 is 1.67 bits per heavy atom. The van der Waals surface area contributed by atoms with Gasteiger partial charge in [-0.05, 0) is 38.0 Å². The van der Waals surface area contributed by atoms with Crippen molar-refractivity contribution in [1.82, 2.24) is 9.80 Å². The predicted octanol–water partition coefficient (Wildman–Crippen LogP) is 1.37. The van der Waals surface area contributed by atoms with E-state index in [1.165, 1.54) is 0 Å². The number of nitrogens with zero attached hydrogens (tertiary/aromatic N) is 2. The van der Waals surface area contributed by atoms with E-state index in [1.54, 1.807) is 11.9 Å². The van der Waals surface area contributed by atoms with Crippen molar-refractivity contribution in [2.75, 3.05) is 27.2 Å². The Hall–Kier alpha value is -0.280. The number of halogens is 1. The zero-order valence-corrected chi connectivity index (χ0v) is 8.34. The van der Waals surface area contributed by atoms with Crippen LogP contribution in [0.3, 0.4) is 0 Å². The van der Waals surface area contributed by atoms with E-state index in [2.05, 4.69) is 11.9 Å². The second-order valence-corrected chi connectivity index (χ2v) is 3.75. The molecule has 0 aromatic heterocycles. The van der Waals surface area contributed by atoms with Crippen LogP contribution in [0, 0.1) is 0 Å². The molecule has 4 heteroatoms. The lowest BCUT2D eigenvalue weighted by Gasteiger charge is -2.34. The average molecular weight is 191 g/mol. The van der Waals surface area contributed by atoms with Crippen LogP contribution in [0.2, 0.25) is 0 Å². The van der Waals surface area contributed by atoms with Gasteiger partial charge < -0.3 is 9.80 Å². The summed E-state index contributed by atoms with van der Waals surface area (Å²) in [4.78, 5) is 14.7. The Bertz CT molecular complexity index is 174. The van der Waals surface area contributed by atoms with Gasteiger partial charge in [-0.15, -0.1) is 0 Å². The number of carbonyl (C=O) groups excluding carboxylic acids is 1. The fourth-order valence-corrected chi connectivity index (χ4v) is 1.74. The lowest BCUT2D eigenvalue weighted by molar-refractivity contribution is 0.154. The number of rotatable bonds is 1. The number of likely N-dealkylation sites (N-methyl/N-ethyl adjacent to an activating group) is 2. The second kappa shape index (κ2) is 4.10. The molecule has 1 unspecified atom stereocenters. The molecule has 1 atom stereocenters. The predicted molar refractivity (Wildman–Crippen MR) is 49.5 cm³/mol. The fourth-order valence-electron chi connectivity index (χ4n) is 1.60. The van der Waals surface area contributed by atoms with Crippen LogP contribution in [-0.4, -0.2) is 48.4 Å². The van der Waals surface area contributed by atoms with E-state index in [0.717, 1.165) is 25.9 Å². The van der Waals surface area contributed by atoms with Crippen molar-refractivity contribution in [3.8, 4) is 0 Å². The van der Waals surface area contributed by atoms with E-state index >= 15 is 0 Å². The van der Waals surface area contributed by atoms with Gasteiger partial charge in [-0.25, -0.2) is 0 Å². The summed E-state index contributed by atoms with van der Waals surface area (Å²) < 4.78 is 0. The molecule has 0 aromatic carbocycles. The van der Waals surface area contributed by atoms with Gasteiger partial charge in [-0.1, -0.05) is 0 Å².